The second-order valence-corrected chi connectivity index (χ2v) is 7.47. The van der Waals surface area contributed by atoms with Crippen LogP contribution in [-0.4, -0.2) is 28.0 Å². The fourth-order valence-corrected chi connectivity index (χ4v) is 3.27. The maximum Gasteiger partial charge on any atom is 0.323 e. The summed E-state index contributed by atoms with van der Waals surface area (Å²) in [6, 6.07) is 12.4. The first-order valence-corrected chi connectivity index (χ1v) is 9.99. The Balaban J connectivity index is 1.89. The van der Waals surface area contributed by atoms with Crippen LogP contribution in [0.3, 0.4) is 0 Å². The Morgan fingerprint density at radius 3 is 2.43 bits per heavy atom. The van der Waals surface area contributed by atoms with Crippen LogP contribution in [0.2, 0.25) is 0 Å². The van der Waals surface area contributed by atoms with Crippen LogP contribution in [0.1, 0.15) is 22.4 Å². The first-order chi connectivity index (χ1) is 16.6. The summed E-state index contributed by atoms with van der Waals surface area (Å²) in [4.78, 5) is 3.69. The summed E-state index contributed by atoms with van der Waals surface area (Å²) < 4.78 is 64.7. The number of pyridine rings is 1. The predicted octanol–water partition coefficient (Wildman–Crippen LogP) is 2.87. The molecule has 12 heteroatoms. The second-order valence-electron chi connectivity index (χ2n) is 7.47. The fraction of sp³-hybridized carbons (Fsp3) is 0.174. The van der Waals surface area contributed by atoms with Gasteiger partial charge in [-0.1, -0.05) is 12.1 Å². The van der Waals surface area contributed by atoms with E-state index in [4.69, 9.17) is 21.7 Å². The number of nitrogens with zero attached hydrogens (tertiary/aromatic N) is 4. The number of hydrazone groups is 1. The van der Waals surface area contributed by atoms with E-state index < -0.39 is 41.0 Å². The zero-order valence-corrected chi connectivity index (χ0v) is 18.1. The minimum Gasteiger partial charge on any atom is -0.487 e. The number of aliphatic hydroxyl groups is 1. The van der Waals surface area contributed by atoms with Crippen molar-refractivity contribution in [3.63, 3.8) is 0 Å². The van der Waals surface area contributed by atoms with Crippen molar-refractivity contribution < 1.29 is 27.4 Å². The predicted molar refractivity (Wildman–Crippen MR) is 117 cm³/mol. The lowest BCUT2D eigenvalue weighted by Gasteiger charge is -2.37. The first-order valence-electron chi connectivity index (χ1n) is 9.99. The molecule has 0 amide bonds. The van der Waals surface area contributed by atoms with Crippen LogP contribution in [-0.2, 0) is 18.1 Å². The molecule has 2 aromatic carbocycles. The first kappa shape index (κ1) is 25.4. The quantitative estimate of drug-likeness (QED) is 0.139. The number of aromatic nitrogens is 1. The fourth-order valence-electron chi connectivity index (χ4n) is 3.27. The lowest BCUT2D eigenvalue weighted by atomic mass is 9.84. The Labute approximate surface area is 197 Å². The molecule has 8 nitrogen and oxygen atoms in total. The van der Waals surface area contributed by atoms with Crippen molar-refractivity contribution in [3.8, 4) is 11.8 Å². The third kappa shape index (κ3) is 5.48. The summed E-state index contributed by atoms with van der Waals surface area (Å²) >= 11 is 0. The smallest absolute Gasteiger partial charge is 0.323 e. The zero-order valence-electron chi connectivity index (χ0n) is 18.1. The van der Waals surface area contributed by atoms with E-state index >= 15 is 8.78 Å². The van der Waals surface area contributed by atoms with Crippen molar-refractivity contribution in [1.82, 2.24) is 9.99 Å². The number of nitrogens with two attached hydrogens (primary N) is 2. The third-order valence-corrected chi connectivity index (χ3v) is 5.07. The largest absolute Gasteiger partial charge is 0.487 e. The van der Waals surface area contributed by atoms with Crippen molar-refractivity contribution in [2.45, 2.75) is 18.1 Å². The van der Waals surface area contributed by atoms with E-state index in [0.29, 0.717) is 22.7 Å². The number of rotatable bonds is 9. The van der Waals surface area contributed by atoms with Gasteiger partial charge in [0.05, 0.1) is 24.4 Å². The molecule has 35 heavy (non-hydrogen) atoms. The van der Waals surface area contributed by atoms with Gasteiger partial charge in [0.15, 0.2) is 5.60 Å². The van der Waals surface area contributed by atoms with Gasteiger partial charge < -0.3 is 15.7 Å². The minimum atomic E-state index is -4.21. The molecule has 3 aromatic rings. The summed E-state index contributed by atoms with van der Waals surface area (Å²) in [5.74, 6) is 4.03. The van der Waals surface area contributed by atoms with Crippen LogP contribution in [0.4, 0.5) is 17.6 Å². The van der Waals surface area contributed by atoms with Gasteiger partial charge in [0.2, 0.25) is 0 Å². The van der Waals surface area contributed by atoms with Crippen molar-refractivity contribution in [2.75, 3.05) is 6.54 Å². The van der Waals surface area contributed by atoms with Gasteiger partial charge in [-0.15, -0.1) is 0 Å². The van der Waals surface area contributed by atoms with Crippen LogP contribution < -0.4 is 16.4 Å². The third-order valence-electron chi connectivity index (χ3n) is 5.07. The molecular weight excluding hydrogens is 468 g/mol. The molecule has 0 spiro atoms. The molecule has 3 rings (SSSR count). The zero-order chi connectivity index (χ0) is 25.6. The number of ether oxygens (including phenoxy) is 1. The molecule has 5 N–H and O–H groups in total. The molecule has 0 saturated carbocycles. The molecule has 1 heterocycles. The van der Waals surface area contributed by atoms with E-state index in [0.717, 1.165) is 30.2 Å². The van der Waals surface area contributed by atoms with E-state index in [2.05, 4.69) is 10.1 Å². The molecule has 0 fully saturated rings. The molecule has 1 aromatic heterocycles. The molecule has 1 atom stereocenters. The Hall–Kier alpha value is -4.21. The Kier molecular flexibility index (Phi) is 7.53. The average Bonchev–Trinajstić information content (AvgIpc) is 2.83. The van der Waals surface area contributed by atoms with E-state index in [1.165, 1.54) is 6.07 Å². The number of hydrogen-bond acceptors (Lipinski definition) is 7. The topological polar surface area (TPSA) is 134 Å². The van der Waals surface area contributed by atoms with Gasteiger partial charge in [-0.05, 0) is 42.0 Å². The van der Waals surface area contributed by atoms with Gasteiger partial charge in [-0.3, -0.25) is 9.99 Å². The average molecular weight is 488 g/mol. The highest BCUT2D eigenvalue weighted by atomic mass is 19.3. The van der Waals surface area contributed by atoms with Crippen LogP contribution in [0.25, 0.3) is 0 Å². The summed E-state index contributed by atoms with van der Waals surface area (Å²) in [5, 5.41) is 23.5. The standard InChI is InChI=1S/C23H20F4N6O2/c24-17-5-7-19(20(25)9-17)22(34,13-33(30)14-32-29)23(26,27)21-8-6-18(11-31-21)35-12-16-3-1-15(10-28)2-4-16/h1-9,11,14,34H,12-13,29-30H2/b32-14-. The summed E-state index contributed by atoms with van der Waals surface area (Å²) in [7, 11) is 0. The van der Waals surface area contributed by atoms with Crippen LogP contribution in [0.15, 0.2) is 65.9 Å². The van der Waals surface area contributed by atoms with Crippen LogP contribution >= 0.6 is 0 Å². The van der Waals surface area contributed by atoms with Crippen molar-refractivity contribution in [1.29, 1.82) is 5.26 Å². The van der Waals surface area contributed by atoms with E-state index in [1.807, 2.05) is 6.07 Å². The van der Waals surface area contributed by atoms with Gasteiger partial charge in [-0.25, -0.2) is 14.6 Å². The number of benzene rings is 2. The molecular formula is C23H20F4N6O2. The van der Waals surface area contributed by atoms with Gasteiger partial charge in [-0.2, -0.15) is 19.1 Å². The molecule has 0 aliphatic carbocycles. The van der Waals surface area contributed by atoms with Crippen molar-refractivity contribution >= 4 is 6.34 Å². The SMILES string of the molecule is N#Cc1ccc(COc2ccc(C(F)(F)C(O)(CN(N)/C=N\N)c3ccc(F)cc3F)nc2)cc1. The van der Waals surface area contributed by atoms with E-state index in [1.54, 1.807) is 24.3 Å². The molecule has 182 valence electrons. The van der Waals surface area contributed by atoms with Crippen molar-refractivity contribution in [3.05, 3.63) is 94.8 Å². The number of nitriles is 1. The monoisotopic (exact) mass is 488 g/mol. The highest BCUT2D eigenvalue weighted by Crippen LogP contribution is 2.46. The highest BCUT2D eigenvalue weighted by molar-refractivity contribution is 5.53. The Morgan fingerprint density at radius 2 is 1.86 bits per heavy atom. The lowest BCUT2D eigenvalue weighted by molar-refractivity contribution is -0.203. The highest BCUT2D eigenvalue weighted by Gasteiger charge is 2.58. The number of hydrogen-bond donors (Lipinski definition) is 3. The second kappa shape index (κ2) is 10.4. The molecule has 0 saturated heterocycles. The molecule has 0 bridgehead atoms. The molecule has 0 aliphatic heterocycles. The van der Waals surface area contributed by atoms with E-state index in [9.17, 15) is 13.9 Å². The minimum absolute atomic E-state index is 0.0778. The number of halogens is 4. The lowest BCUT2D eigenvalue weighted by Crippen LogP contribution is -2.53. The van der Waals surface area contributed by atoms with Crippen LogP contribution in [0.5, 0.6) is 5.75 Å². The maximum atomic E-state index is 15.6. The van der Waals surface area contributed by atoms with E-state index in [-0.39, 0.29) is 12.4 Å². The summed E-state index contributed by atoms with van der Waals surface area (Å²) in [6.07, 6.45) is 1.76. The van der Waals surface area contributed by atoms with Gasteiger partial charge in [0, 0.05) is 11.6 Å². The number of hydrazine groups is 1. The van der Waals surface area contributed by atoms with Gasteiger partial charge in [0.25, 0.3) is 0 Å². The van der Waals surface area contributed by atoms with Gasteiger partial charge in [0.1, 0.15) is 36.0 Å². The Bertz CT molecular complexity index is 1230. The maximum absolute atomic E-state index is 15.6. The van der Waals surface area contributed by atoms with Crippen LogP contribution in [0, 0.1) is 23.0 Å². The molecule has 0 radical (unpaired) electrons. The normalized spacial score (nSPS) is 13.3. The summed E-state index contributed by atoms with van der Waals surface area (Å²) in [6.45, 7) is -0.990. The molecule has 1 unspecified atom stereocenters. The number of alkyl halides is 2. The van der Waals surface area contributed by atoms with Crippen molar-refractivity contribution in [2.24, 2.45) is 16.8 Å². The Morgan fingerprint density at radius 1 is 1.14 bits per heavy atom. The molecule has 0 aliphatic rings. The summed E-state index contributed by atoms with van der Waals surface area (Å²) in [5.41, 5.74) is -3.93. The van der Waals surface area contributed by atoms with Gasteiger partial charge >= 0.3 is 5.92 Å².